The Morgan fingerprint density at radius 1 is 1.41 bits per heavy atom. The summed E-state index contributed by atoms with van der Waals surface area (Å²) in [4.78, 5) is 28.4. The molecule has 2 heterocycles. The topological polar surface area (TPSA) is 54.9 Å². The quantitative estimate of drug-likeness (QED) is 0.909. The van der Waals surface area contributed by atoms with Gasteiger partial charge in [-0.25, -0.2) is 4.79 Å². The fourth-order valence-corrected chi connectivity index (χ4v) is 2.65. The van der Waals surface area contributed by atoms with Gasteiger partial charge in [-0.2, -0.15) is 0 Å². The lowest BCUT2D eigenvalue weighted by atomic mass is 10.1. The molecule has 92 valence electrons. The first-order chi connectivity index (χ1) is 7.99. The predicted molar refractivity (Wildman–Crippen MR) is 70.9 cm³/mol. The molecule has 0 saturated heterocycles. The Morgan fingerprint density at radius 2 is 2.12 bits per heavy atom. The number of aromatic nitrogens is 2. The van der Waals surface area contributed by atoms with Crippen molar-refractivity contribution in [1.29, 1.82) is 0 Å². The highest BCUT2D eigenvalue weighted by Gasteiger charge is 2.10. The number of fused-ring (bicyclic) bond motifs is 1. The second-order valence-electron chi connectivity index (χ2n) is 4.67. The molecule has 2 aromatic heterocycles. The molecule has 0 amide bonds. The van der Waals surface area contributed by atoms with Crippen LogP contribution in [-0.4, -0.2) is 9.55 Å². The molecular formula is C12H16N2O2S. The summed E-state index contributed by atoms with van der Waals surface area (Å²) in [6.45, 7) is 6.57. The lowest BCUT2D eigenvalue weighted by Gasteiger charge is -2.06. The van der Waals surface area contributed by atoms with Gasteiger partial charge in [0.25, 0.3) is 5.56 Å². The predicted octanol–water partition coefficient (Wildman–Crippen LogP) is 2.11. The molecule has 0 radical (unpaired) electrons. The van der Waals surface area contributed by atoms with E-state index in [-0.39, 0.29) is 11.2 Å². The van der Waals surface area contributed by atoms with Crippen molar-refractivity contribution in [2.75, 3.05) is 0 Å². The van der Waals surface area contributed by atoms with Gasteiger partial charge in [0.15, 0.2) is 0 Å². The number of nitrogens with one attached hydrogen (secondary N) is 1. The van der Waals surface area contributed by atoms with Crippen LogP contribution in [0.15, 0.2) is 15.7 Å². The number of rotatable bonds is 3. The average Bonchev–Trinajstić information content (AvgIpc) is 2.58. The van der Waals surface area contributed by atoms with Crippen molar-refractivity contribution in [1.82, 2.24) is 9.55 Å². The summed E-state index contributed by atoms with van der Waals surface area (Å²) >= 11 is 1.44. The van der Waals surface area contributed by atoms with Crippen LogP contribution in [0.5, 0.6) is 0 Å². The maximum atomic E-state index is 12.1. The molecule has 5 heteroatoms. The molecule has 17 heavy (non-hydrogen) atoms. The summed E-state index contributed by atoms with van der Waals surface area (Å²) in [7, 11) is 0. The van der Waals surface area contributed by atoms with Crippen LogP contribution >= 0.6 is 11.3 Å². The Hall–Kier alpha value is -1.36. The van der Waals surface area contributed by atoms with Crippen molar-refractivity contribution < 1.29 is 0 Å². The first kappa shape index (κ1) is 12.1. The lowest BCUT2D eigenvalue weighted by molar-refractivity contribution is 0.497. The average molecular weight is 252 g/mol. The molecule has 0 aliphatic heterocycles. The van der Waals surface area contributed by atoms with Gasteiger partial charge in [0.1, 0.15) is 4.83 Å². The van der Waals surface area contributed by atoms with Gasteiger partial charge >= 0.3 is 5.69 Å². The molecule has 2 aromatic rings. The third-order valence-corrected chi connectivity index (χ3v) is 3.69. The smallest absolute Gasteiger partial charge is 0.298 e. The molecule has 4 nitrogen and oxygen atoms in total. The van der Waals surface area contributed by atoms with Gasteiger partial charge in [-0.3, -0.25) is 14.3 Å². The number of aryl methyl sites for hydroxylation is 1. The van der Waals surface area contributed by atoms with Crippen LogP contribution in [0, 0.1) is 12.8 Å². The minimum absolute atomic E-state index is 0.172. The Kier molecular flexibility index (Phi) is 3.19. The number of H-pyrrole nitrogens is 1. The zero-order valence-electron chi connectivity index (χ0n) is 10.2. The first-order valence-electron chi connectivity index (χ1n) is 5.72. The maximum absolute atomic E-state index is 12.1. The van der Waals surface area contributed by atoms with Gasteiger partial charge in [0.2, 0.25) is 0 Å². The van der Waals surface area contributed by atoms with Crippen LogP contribution in [0.4, 0.5) is 0 Å². The Labute approximate surface area is 103 Å². The van der Waals surface area contributed by atoms with Crippen LogP contribution in [0.2, 0.25) is 0 Å². The van der Waals surface area contributed by atoms with E-state index in [0.717, 1.165) is 11.3 Å². The Balaban J connectivity index is 2.56. The number of thiophene rings is 1. The SMILES string of the molecule is Cc1cc2c(=O)n(CCC(C)C)c(=O)[nH]c2s1. The summed E-state index contributed by atoms with van der Waals surface area (Å²) in [6, 6.07) is 1.84. The molecule has 0 unspecified atom stereocenters. The normalized spacial score (nSPS) is 11.5. The fourth-order valence-electron chi connectivity index (χ4n) is 1.76. The first-order valence-corrected chi connectivity index (χ1v) is 6.54. The standard InChI is InChI=1S/C12H16N2O2S/c1-7(2)4-5-14-11(15)9-6-8(3)17-10(9)13-12(14)16/h6-7H,4-5H2,1-3H3,(H,13,16). The van der Waals surface area contributed by atoms with E-state index in [9.17, 15) is 9.59 Å². The van der Waals surface area contributed by atoms with Gasteiger partial charge in [-0.05, 0) is 25.3 Å². The van der Waals surface area contributed by atoms with Crippen molar-refractivity contribution in [2.24, 2.45) is 5.92 Å². The minimum Gasteiger partial charge on any atom is -0.298 e. The van der Waals surface area contributed by atoms with Gasteiger partial charge in [-0.1, -0.05) is 13.8 Å². The second-order valence-corrected chi connectivity index (χ2v) is 5.93. The van der Waals surface area contributed by atoms with Crippen LogP contribution in [0.3, 0.4) is 0 Å². The molecule has 0 fully saturated rings. The summed E-state index contributed by atoms with van der Waals surface area (Å²) in [5.74, 6) is 0.473. The van der Waals surface area contributed by atoms with Gasteiger partial charge in [0.05, 0.1) is 5.39 Å². The molecule has 0 aromatic carbocycles. The Morgan fingerprint density at radius 3 is 2.76 bits per heavy atom. The number of nitrogens with zero attached hydrogens (tertiary/aromatic N) is 1. The third kappa shape index (κ3) is 2.34. The van der Waals surface area contributed by atoms with E-state index in [0.29, 0.717) is 22.7 Å². The molecule has 0 saturated carbocycles. The van der Waals surface area contributed by atoms with Gasteiger partial charge in [0, 0.05) is 11.4 Å². The maximum Gasteiger partial charge on any atom is 0.329 e. The van der Waals surface area contributed by atoms with Crippen LogP contribution in [-0.2, 0) is 6.54 Å². The molecule has 0 bridgehead atoms. The molecule has 0 spiro atoms. The highest BCUT2D eigenvalue weighted by molar-refractivity contribution is 7.18. The summed E-state index contributed by atoms with van der Waals surface area (Å²) < 4.78 is 1.30. The monoisotopic (exact) mass is 252 g/mol. The van der Waals surface area contributed by atoms with E-state index in [1.807, 2.05) is 13.0 Å². The van der Waals surface area contributed by atoms with E-state index < -0.39 is 0 Å². The highest BCUT2D eigenvalue weighted by atomic mass is 32.1. The number of hydrogen-bond acceptors (Lipinski definition) is 3. The lowest BCUT2D eigenvalue weighted by Crippen LogP contribution is -2.34. The van der Waals surface area contributed by atoms with Crippen LogP contribution in [0.1, 0.15) is 25.1 Å². The van der Waals surface area contributed by atoms with Crippen molar-refractivity contribution in [2.45, 2.75) is 33.7 Å². The number of aromatic amines is 1. The highest BCUT2D eigenvalue weighted by Crippen LogP contribution is 2.18. The van der Waals surface area contributed by atoms with Gasteiger partial charge < -0.3 is 0 Å². The number of hydrogen-bond donors (Lipinski definition) is 1. The fraction of sp³-hybridized carbons (Fsp3) is 0.500. The summed E-state index contributed by atoms with van der Waals surface area (Å²) in [6.07, 6.45) is 0.831. The van der Waals surface area contributed by atoms with Gasteiger partial charge in [-0.15, -0.1) is 11.3 Å². The third-order valence-electron chi connectivity index (χ3n) is 2.73. The molecule has 0 aliphatic rings. The summed E-state index contributed by atoms with van der Waals surface area (Å²) in [5.41, 5.74) is -0.473. The molecular weight excluding hydrogens is 236 g/mol. The van der Waals surface area contributed by atoms with E-state index in [1.165, 1.54) is 15.9 Å². The van der Waals surface area contributed by atoms with E-state index >= 15 is 0 Å². The van der Waals surface area contributed by atoms with Crippen LogP contribution < -0.4 is 11.2 Å². The molecule has 1 N–H and O–H groups in total. The molecule has 0 atom stereocenters. The van der Waals surface area contributed by atoms with Crippen molar-refractivity contribution in [3.8, 4) is 0 Å². The Bertz CT molecular complexity index is 649. The molecule has 2 rings (SSSR count). The second kappa shape index (κ2) is 4.49. The zero-order chi connectivity index (χ0) is 12.6. The van der Waals surface area contributed by atoms with E-state index in [1.54, 1.807) is 0 Å². The minimum atomic E-state index is -0.301. The summed E-state index contributed by atoms with van der Waals surface area (Å²) in [5, 5.41) is 0.621. The van der Waals surface area contributed by atoms with Crippen molar-refractivity contribution in [3.05, 3.63) is 31.8 Å². The van der Waals surface area contributed by atoms with E-state index in [4.69, 9.17) is 0 Å². The van der Waals surface area contributed by atoms with Crippen molar-refractivity contribution in [3.63, 3.8) is 0 Å². The van der Waals surface area contributed by atoms with E-state index in [2.05, 4.69) is 18.8 Å². The zero-order valence-corrected chi connectivity index (χ0v) is 11.1. The molecule has 0 aliphatic carbocycles. The largest absolute Gasteiger partial charge is 0.329 e. The van der Waals surface area contributed by atoms with Crippen molar-refractivity contribution >= 4 is 21.6 Å². The van der Waals surface area contributed by atoms with Crippen LogP contribution in [0.25, 0.3) is 10.2 Å².